The van der Waals surface area contributed by atoms with Crippen LogP contribution in [0.15, 0.2) is 54.7 Å². The molecule has 3 aromatic rings. The topological polar surface area (TPSA) is 54.9 Å². The van der Waals surface area contributed by atoms with Crippen LogP contribution < -0.4 is 5.32 Å². The summed E-state index contributed by atoms with van der Waals surface area (Å²) in [7, 11) is 0. The predicted octanol–water partition coefficient (Wildman–Crippen LogP) is 4.07. The lowest BCUT2D eigenvalue weighted by molar-refractivity contribution is 0.269. The van der Waals surface area contributed by atoms with Crippen molar-refractivity contribution in [3.05, 3.63) is 54.7 Å². The number of aromatic nitrogens is 2. The lowest BCUT2D eigenvalue weighted by Crippen LogP contribution is -2.00. The minimum Gasteiger partial charge on any atom is -0.312 e. The van der Waals surface area contributed by atoms with Gasteiger partial charge in [0.05, 0.1) is 22.9 Å². The van der Waals surface area contributed by atoms with Gasteiger partial charge >= 0.3 is 5.37 Å². The third-order valence-corrected chi connectivity index (χ3v) is 2.94. The van der Waals surface area contributed by atoms with Gasteiger partial charge in [-0.05, 0) is 35.9 Å². The molecule has 1 heterocycles. The molecule has 98 valence electrons. The Bertz CT molecular complexity index is 789. The number of hydrogen-bond acceptors (Lipinski definition) is 3. The second kappa shape index (κ2) is 5.27. The van der Waals surface area contributed by atoms with Crippen LogP contribution in [0.4, 0.5) is 10.5 Å². The molecule has 0 fully saturated rings. The number of anilines is 1. The molecule has 5 heteroatoms. The number of hydrogen-bond donors (Lipinski definition) is 1. The Labute approximate surface area is 120 Å². The molecule has 0 aliphatic heterocycles. The Morgan fingerprint density at radius 2 is 1.85 bits per heavy atom. The first kappa shape index (κ1) is 12.6. The van der Waals surface area contributed by atoms with Crippen LogP contribution in [0.3, 0.4) is 0 Å². The van der Waals surface area contributed by atoms with Crippen LogP contribution in [0, 0.1) is 0 Å². The molecule has 1 amide bonds. The van der Waals surface area contributed by atoms with Crippen molar-refractivity contribution in [3.8, 4) is 11.3 Å². The molecule has 0 spiro atoms. The number of benzene rings is 2. The highest BCUT2D eigenvalue weighted by Crippen LogP contribution is 2.22. The summed E-state index contributed by atoms with van der Waals surface area (Å²) in [6.45, 7) is 0. The molecule has 4 nitrogen and oxygen atoms in total. The third kappa shape index (κ3) is 2.60. The first-order valence-electron chi connectivity index (χ1n) is 6.01. The van der Waals surface area contributed by atoms with Crippen LogP contribution >= 0.6 is 11.6 Å². The lowest BCUT2D eigenvalue weighted by Gasteiger charge is -2.05. The molecule has 1 N–H and O–H groups in total. The SMILES string of the molecule is O=C(Cl)Nc1cccc(-c2cnc3ccccc3n2)c1. The van der Waals surface area contributed by atoms with Crippen molar-refractivity contribution in [2.45, 2.75) is 0 Å². The van der Waals surface area contributed by atoms with Gasteiger partial charge in [0.2, 0.25) is 0 Å². The second-order valence-corrected chi connectivity index (χ2v) is 4.57. The molecule has 0 saturated heterocycles. The minimum absolute atomic E-state index is 0.619. The van der Waals surface area contributed by atoms with Crippen LogP contribution in [0.25, 0.3) is 22.3 Å². The van der Waals surface area contributed by atoms with Crippen LogP contribution in [0.2, 0.25) is 0 Å². The molecule has 2 aromatic carbocycles. The number of carbonyl (C=O) groups excluding carboxylic acids is 1. The summed E-state index contributed by atoms with van der Waals surface area (Å²) in [5.41, 5.74) is 3.91. The molecular weight excluding hydrogens is 274 g/mol. The zero-order chi connectivity index (χ0) is 13.9. The largest absolute Gasteiger partial charge is 0.318 e. The molecule has 0 bridgehead atoms. The highest BCUT2D eigenvalue weighted by atomic mass is 35.5. The zero-order valence-electron chi connectivity index (χ0n) is 10.4. The van der Waals surface area contributed by atoms with E-state index in [2.05, 4.69) is 15.3 Å². The monoisotopic (exact) mass is 283 g/mol. The highest BCUT2D eigenvalue weighted by Gasteiger charge is 2.04. The maximum atomic E-state index is 10.9. The van der Waals surface area contributed by atoms with Gasteiger partial charge in [-0.1, -0.05) is 24.3 Å². The van der Waals surface area contributed by atoms with Gasteiger partial charge in [0, 0.05) is 11.3 Å². The number of nitrogens with one attached hydrogen (secondary N) is 1. The fraction of sp³-hybridized carbons (Fsp3) is 0. The Morgan fingerprint density at radius 3 is 2.65 bits per heavy atom. The smallest absolute Gasteiger partial charge is 0.312 e. The molecule has 0 unspecified atom stereocenters. The highest BCUT2D eigenvalue weighted by molar-refractivity contribution is 6.65. The zero-order valence-corrected chi connectivity index (χ0v) is 11.1. The van der Waals surface area contributed by atoms with E-state index in [4.69, 9.17) is 11.6 Å². The van der Waals surface area contributed by atoms with Crippen molar-refractivity contribution in [2.24, 2.45) is 0 Å². The van der Waals surface area contributed by atoms with Gasteiger partial charge in [0.15, 0.2) is 0 Å². The summed E-state index contributed by atoms with van der Waals surface area (Å²) in [6.07, 6.45) is 1.71. The van der Waals surface area contributed by atoms with E-state index in [-0.39, 0.29) is 0 Å². The number of halogens is 1. The van der Waals surface area contributed by atoms with Gasteiger partial charge < -0.3 is 5.32 Å². The van der Waals surface area contributed by atoms with Gasteiger partial charge in [-0.3, -0.25) is 9.78 Å². The van der Waals surface area contributed by atoms with Crippen LogP contribution in [-0.2, 0) is 0 Å². The summed E-state index contributed by atoms with van der Waals surface area (Å²) in [6, 6.07) is 15.0. The van der Waals surface area contributed by atoms with Gasteiger partial charge in [-0.2, -0.15) is 0 Å². The average molecular weight is 284 g/mol. The van der Waals surface area contributed by atoms with E-state index in [1.54, 1.807) is 18.3 Å². The van der Waals surface area contributed by atoms with Crippen molar-refractivity contribution >= 4 is 33.7 Å². The summed E-state index contributed by atoms with van der Waals surface area (Å²) < 4.78 is 0. The number of nitrogens with zero attached hydrogens (tertiary/aromatic N) is 2. The van der Waals surface area contributed by atoms with E-state index < -0.39 is 5.37 Å². The molecule has 1 aromatic heterocycles. The number of rotatable bonds is 2. The number of amides is 1. The maximum Gasteiger partial charge on any atom is 0.318 e. The fourth-order valence-electron chi connectivity index (χ4n) is 1.97. The Hall–Kier alpha value is -2.46. The van der Waals surface area contributed by atoms with E-state index in [9.17, 15) is 4.79 Å². The summed E-state index contributed by atoms with van der Waals surface area (Å²) in [5.74, 6) is 0. The van der Waals surface area contributed by atoms with Crippen LogP contribution in [-0.4, -0.2) is 15.3 Å². The van der Waals surface area contributed by atoms with Crippen molar-refractivity contribution in [1.29, 1.82) is 0 Å². The predicted molar refractivity (Wildman–Crippen MR) is 79.8 cm³/mol. The van der Waals surface area contributed by atoms with E-state index in [0.717, 1.165) is 22.3 Å². The average Bonchev–Trinajstić information content (AvgIpc) is 2.46. The van der Waals surface area contributed by atoms with Crippen molar-refractivity contribution in [3.63, 3.8) is 0 Å². The van der Waals surface area contributed by atoms with E-state index in [0.29, 0.717) is 5.69 Å². The third-order valence-electron chi connectivity index (χ3n) is 2.85. The molecule has 0 saturated carbocycles. The summed E-state index contributed by atoms with van der Waals surface area (Å²) in [5, 5.41) is 1.91. The summed E-state index contributed by atoms with van der Waals surface area (Å²) >= 11 is 5.31. The minimum atomic E-state index is -0.619. The first-order chi connectivity index (χ1) is 9.72. The Kier molecular flexibility index (Phi) is 3.31. The number of carbonyl (C=O) groups is 1. The molecular formula is C15H10ClN3O. The van der Waals surface area contributed by atoms with E-state index in [1.807, 2.05) is 36.4 Å². The van der Waals surface area contributed by atoms with Gasteiger partial charge in [-0.15, -0.1) is 0 Å². The van der Waals surface area contributed by atoms with Crippen molar-refractivity contribution < 1.29 is 4.79 Å². The van der Waals surface area contributed by atoms with Crippen LogP contribution in [0.1, 0.15) is 0 Å². The van der Waals surface area contributed by atoms with Crippen molar-refractivity contribution in [2.75, 3.05) is 5.32 Å². The standard InChI is InChI=1S/C15H10ClN3O/c16-15(20)18-11-5-3-4-10(8-11)14-9-17-12-6-1-2-7-13(12)19-14/h1-9H,(H,18,20). The van der Waals surface area contributed by atoms with E-state index in [1.165, 1.54) is 0 Å². The normalized spacial score (nSPS) is 10.4. The van der Waals surface area contributed by atoms with Gasteiger partial charge in [0.1, 0.15) is 0 Å². The number of fused-ring (bicyclic) bond motifs is 1. The molecule has 20 heavy (non-hydrogen) atoms. The lowest BCUT2D eigenvalue weighted by atomic mass is 10.1. The Balaban J connectivity index is 2.03. The molecule has 0 radical (unpaired) electrons. The summed E-state index contributed by atoms with van der Waals surface area (Å²) in [4.78, 5) is 19.8. The fourth-order valence-corrected chi connectivity index (χ4v) is 2.08. The Morgan fingerprint density at radius 1 is 1.05 bits per heavy atom. The van der Waals surface area contributed by atoms with E-state index >= 15 is 0 Å². The van der Waals surface area contributed by atoms with Crippen molar-refractivity contribution in [1.82, 2.24) is 9.97 Å². The first-order valence-corrected chi connectivity index (χ1v) is 6.39. The second-order valence-electron chi connectivity index (χ2n) is 4.22. The van der Waals surface area contributed by atoms with Crippen LogP contribution in [0.5, 0.6) is 0 Å². The molecule has 0 aliphatic carbocycles. The van der Waals surface area contributed by atoms with Gasteiger partial charge in [-0.25, -0.2) is 4.98 Å². The molecule has 3 rings (SSSR count). The maximum absolute atomic E-state index is 10.9. The quantitative estimate of drug-likeness (QED) is 0.570. The number of para-hydroxylation sites is 2. The van der Waals surface area contributed by atoms with Gasteiger partial charge in [0.25, 0.3) is 0 Å². The molecule has 0 aliphatic rings. The molecule has 0 atom stereocenters.